The number of anilines is 3. The van der Waals surface area contributed by atoms with Gasteiger partial charge in [0.2, 0.25) is 5.91 Å². The summed E-state index contributed by atoms with van der Waals surface area (Å²) in [5, 5.41) is 6.62. The Hall–Kier alpha value is -2.44. The molecule has 27 heavy (non-hydrogen) atoms. The number of nitrogens with zero attached hydrogens (tertiary/aromatic N) is 1. The van der Waals surface area contributed by atoms with Crippen molar-refractivity contribution in [2.75, 3.05) is 55.5 Å². The van der Waals surface area contributed by atoms with Crippen LogP contribution in [0.25, 0.3) is 0 Å². The van der Waals surface area contributed by atoms with Crippen LogP contribution in [0.15, 0.2) is 36.4 Å². The van der Waals surface area contributed by atoms with Crippen LogP contribution in [0.2, 0.25) is 5.02 Å². The fraction of sp³-hybridized carbons (Fsp3) is 0.350. The minimum absolute atomic E-state index is 0.128. The number of rotatable bonds is 6. The van der Waals surface area contributed by atoms with Crippen molar-refractivity contribution in [1.82, 2.24) is 0 Å². The Kier molecular flexibility index (Phi) is 6.42. The molecule has 0 bridgehead atoms. The standard InChI is InChI=1S/C20H24ClN3O3/c1-14-11-18(19(26-2)12-17(14)21)22-13-20(25)23-15-3-5-16(6-4-15)24-7-9-27-10-8-24/h3-6,11-12,22H,7-10,13H2,1-2H3,(H,23,25). The molecule has 0 aliphatic carbocycles. The van der Waals surface area contributed by atoms with Crippen molar-refractivity contribution in [2.45, 2.75) is 6.92 Å². The molecule has 0 atom stereocenters. The lowest BCUT2D eigenvalue weighted by molar-refractivity contribution is -0.114. The van der Waals surface area contributed by atoms with E-state index in [1.807, 2.05) is 37.3 Å². The van der Waals surface area contributed by atoms with E-state index in [4.69, 9.17) is 21.1 Å². The molecule has 1 saturated heterocycles. The molecule has 2 aromatic carbocycles. The van der Waals surface area contributed by atoms with Crippen LogP contribution in [0.5, 0.6) is 5.75 Å². The van der Waals surface area contributed by atoms with E-state index in [9.17, 15) is 4.79 Å². The number of ether oxygens (including phenoxy) is 2. The summed E-state index contributed by atoms with van der Waals surface area (Å²) in [5.74, 6) is 0.469. The molecule has 6 nitrogen and oxygen atoms in total. The number of morpholine rings is 1. The Morgan fingerprint density at radius 3 is 2.59 bits per heavy atom. The number of amides is 1. The summed E-state index contributed by atoms with van der Waals surface area (Å²) in [6.07, 6.45) is 0. The van der Waals surface area contributed by atoms with Crippen LogP contribution in [0, 0.1) is 6.92 Å². The molecule has 0 spiro atoms. The number of benzene rings is 2. The quantitative estimate of drug-likeness (QED) is 0.791. The van der Waals surface area contributed by atoms with E-state index in [0.717, 1.165) is 48.9 Å². The number of hydrogen-bond donors (Lipinski definition) is 2. The molecule has 1 heterocycles. The highest BCUT2D eigenvalue weighted by Gasteiger charge is 2.12. The van der Waals surface area contributed by atoms with Gasteiger partial charge in [-0.1, -0.05) is 11.6 Å². The third-order valence-corrected chi connectivity index (χ3v) is 4.85. The van der Waals surface area contributed by atoms with E-state index in [-0.39, 0.29) is 12.5 Å². The zero-order valence-corrected chi connectivity index (χ0v) is 16.3. The second-order valence-electron chi connectivity index (χ2n) is 6.35. The van der Waals surface area contributed by atoms with Gasteiger partial charge in [0, 0.05) is 35.6 Å². The van der Waals surface area contributed by atoms with Crippen LogP contribution in [0.3, 0.4) is 0 Å². The second-order valence-corrected chi connectivity index (χ2v) is 6.76. The number of methoxy groups -OCH3 is 1. The number of aryl methyl sites for hydroxylation is 1. The third kappa shape index (κ3) is 5.05. The van der Waals surface area contributed by atoms with Gasteiger partial charge in [-0.15, -0.1) is 0 Å². The molecule has 144 valence electrons. The molecular weight excluding hydrogens is 366 g/mol. The minimum atomic E-state index is -0.135. The Morgan fingerprint density at radius 1 is 1.22 bits per heavy atom. The number of halogens is 1. The Labute approximate surface area is 164 Å². The first-order chi connectivity index (χ1) is 13.1. The van der Waals surface area contributed by atoms with Crippen LogP contribution in [-0.4, -0.2) is 45.9 Å². The highest BCUT2D eigenvalue weighted by Crippen LogP contribution is 2.30. The number of hydrogen-bond acceptors (Lipinski definition) is 5. The molecule has 2 aromatic rings. The summed E-state index contributed by atoms with van der Waals surface area (Å²) in [4.78, 5) is 14.5. The smallest absolute Gasteiger partial charge is 0.243 e. The third-order valence-electron chi connectivity index (χ3n) is 4.45. The van der Waals surface area contributed by atoms with Gasteiger partial charge in [0.15, 0.2) is 0 Å². The predicted molar refractivity (Wildman–Crippen MR) is 109 cm³/mol. The molecule has 2 N–H and O–H groups in total. The summed E-state index contributed by atoms with van der Waals surface area (Å²) in [6, 6.07) is 11.5. The normalized spacial score (nSPS) is 14.0. The largest absolute Gasteiger partial charge is 0.495 e. The molecule has 1 fully saturated rings. The van der Waals surface area contributed by atoms with Gasteiger partial charge in [0.05, 0.1) is 32.6 Å². The monoisotopic (exact) mass is 389 g/mol. The van der Waals surface area contributed by atoms with Crippen molar-refractivity contribution in [3.05, 3.63) is 47.0 Å². The molecule has 1 aliphatic rings. The van der Waals surface area contributed by atoms with Gasteiger partial charge in [-0.05, 0) is 42.8 Å². The summed E-state index contributed by atoms with van der Waals surface area (Å²) in [5.41, 5.74) is 3.55. The fourth-order valence-electron chi connectivity index (χ4n) is 2.93. The van der Waals surface area contributed by atoms with Gasteiger partial charge in [-0.25, -0.2) is 0 Å². The maximum Gasteiger partial charge on any atom is 0.243 e. The number of carbonyl (C=O) groups is 1. The Bertz CT molecular complexity index is 790. The van der Waals surface area contributed by atoms with Crippen molar-refractivity contribution in [1.29, 1.82) is 0 Å². The van der Waals surface area contributed by atoms with E-state index in [2.05, 4.69) is 15.5 Å². The van der Waals surface area contributed by atoms with Crippen LogP contribution >= 0.6 is 11.6 Å². The fourth-order valence-corrected chi connectivity index (χ4v) is 3.08. The highest BCUT2D eigenvalue weighted by atomic mass is 35.5. The van der Waals surface area contributed by atoms with Crippen molar-refractivity contribution < 1.29 is 14.3 Å². The maximum absolute atomic E-state index is 12.3. The summed E-state index contributed by atoms with van der Waals surface area (Å²) < 4.78 is 10.7. The summed E-state index contributed by atoms with van der Waals surface area (Å²) in [7, 11) is 1.57. The van der Waals surface area contributed by atoms with Crippen molar-refractivity contribution >= 4 is 34.6 Å². The average Bonchev–Trinajstić information content (AvgIpc) is 2.70. The Balaban J connectivity index is 1.56. The lowest BCUT2D eigenvalue weighted by Crippen LogP contribution is -2.36. The van der Waals surface area contributed by atoms with E-state index in [0.29, 0.717) is 10.8 Å². The molecule has 0 saturated carbocycles. The molecule has 3 rings (SSSR count). The van der Waals surface area contributed by atoms with Crippen molar-refractivity contribution in [2.24, 2.45) is 0 Å². The van der Waals surface area contributed by atoms with Gasteiger partial charge in [-0.2, -0.15) is 0 Å². The minimum Gasteiger partial charge on any atom is -0.495 e. The lowest BCUT2D eigenvalue weighted by atomic mass is 10.2. The van der Waals surface area contributed by atoms with Crippen LogP contribution in [-0.2, 0) is 9.53 Å². The number of nitrogens with one attached hydrogen (secondary N) is 2. The zero-order chi connectivity index (χ0) is 19.2. The van der Waals surface area contributed by atoms with Gasteiger partial charge >= 0.3 is 0 Å². The molecule has 1 amide bonds. The zero-order valence-electron chi connectivity index (χ0n) is 15.5. The molecule has 0 unspecified atom stereocenters. The lowest BCUT2D eigenvalue weighted by Gasteiger charge is -2.28. The van der Waals surface area contributed by atoms with Gasteiger partial charge < -0.3 is 25.0 Å². The van der Waals surface area contributed by atoms with Crippen LogP contribution < -0.4 is 20.3 Å². The summed E-state index contributed by atoms with van der Waals surface area (Å²) >= 11 is 6.11. The van der Waals surface area contributed by atoms with E-state index < -0.39 is 0 Å². The van der Waals surface area contributed by atoms with Crippen molar-refractivity contribution in [3.8, 4) is 5.75 Å². The maximum atomic E-state index is 12.3. The van der Waals surface area contributed by atoms with E-state index in [1.165, 1.54) is 0 Å². The molecule has 0 aromatic heterocycles. The first-order valence-corrected chi connectivity index (χ1v) is 9.25. The number of carbonyl (C=O) groups excluding carboxylic acids is 1. The first-order valence-electron chi connectivity index (χ1n) is 8.87. The van der Waals surface area contributed by atoms with Gasteiger partial charge in [-0.3, -0.25) is 4.79 Å². The van der Waals surface area contributed by atoms with Crippen LogP contribution in [0.1, 0.15) is 5.56 Å². The van der Waals surface area contributed by atoms with Crippen LogP contribution in [0.4, 0.5) is 17.1 Å². The SMILES string of the molecule is COc1cc(Cl)c(C)cc1NCC(=O)Nc1ccc(N2CCOCC2)cc1. The predicted octanol–water partition coefficient (Wildman–Crippen LogP) is 3.54. The summed E-state index contributed by atoms with van der Waals surface area (Å²) in [6.45, 7) is 5.30. The van der Waals surface area contributed by atoms with Gasteiger partial charge in [0.1, 0.15) is 5.75 Å². The topological polar surface area (TPSA) is 62.8 Å². The van der Waals surface area contributed by atoms with E-state index >= 15 is 0 Å². The first kappa shape index (κ1) is 19.3. The average molecular weight is 390 g/mol. The Morgan fingerprint density at radius 2 is 1.93 bits per heavy atom. The van der Waals surface area contributed by atoms with Crippen molar-refractivity contribution in [3.63, 3.8) is 0 Å². The second kappa shape index (κ2) is 8.97. The molecule has 7 heteroatoms. The molecule has 1 aliphatic heterocycles. The molecule has 0 radical (unpaired) electrons. The van der Waals surface area contributed by atoms with Gasteiger partial charge in [0.25, 0.3) is 0 Å². The van der Waals surface area contributed by atoms with E-state index in [1.54, 1.807) is 13.2 Å². The highest BCUT2D eigenvalue weighted by molar-refractivity contribution is 6.31. The molecular formula is C20H24ClN3O3.